The fraction of sp³-hybridized carbons (Fsp3) is 0.333. The van der Waals surface area contributed by atoms with Crippen molar-refractivity contribution in [3.8, 4) is 11.3 Å². The number of aryl methyl sites for hydroxylation is 1. The lowest BCUT2D eigenvalue weighted by molar-refractivity contribution is 0.656. The lowest BCUT2D eigenvalue weighted by Crippen LogP contribution is -2.17. The molecule has 0 amide bonds. The zero-order valence-corrected chi connectivity index (χ0v) is 10.6. The van der Waals surface area contributed by atoms with E-state index >= 15 is 0 Å². The van der Waals surface area contributed by atoms with Gasteiger partial charge in [0.25, 0.3) is 0 Å². The summed E-state index contributed by atoms with van der Waals surface area (Å²) in [7, 11) is 0. The monoisotopic (exact) mass is 239 g/mol. The van der Waals surface area contributed by atoms with Crippen molar-refractivity contribution in [1.82, 2.24) is 15.3 Å². The summed E-state index contributed by atoms with van der Waals surface area (Å²) in [5.41, 5.74) is 3.18. The second kappa shape index (κ2) is 4.86. The van der Waals surface area contributed by atoms with Crippen LogP contribution in [0.3, 0.4) is 0 Å². The van der Waals surface area contributed by atoms with E-state index in [9.17, 15) is 0 Å². The van der Waals surface area contributed by atoms with Gasteiger partial charge in [0.2, 0.25) is 0 Å². The smallest absolute Gasteiger partial charge is 0.143 e. The van der Waals surface area contributed by atoms with Gasteiger partial charge < -0.3 is 5.32 Å². The van der Waals surface area contributed by atoms with E-state index in [1.165, 1.54) is 12.8 Å². The Morgan fingerprint density at radius 1 is 1.17 bits per heavy atom. The third kappa shape index (κ3) is 2.74. The molecule has 1 N–H and O–H groups in total. The molecule has 18 heavy (non-hydrogen) atoms. The highest BCUT2D eigenvalue weighted by molar-refractivity contribution is 5.58. The normalized spacial score (nSPS) is 14.7. The second-order valence-corrected chi connectivity index (χ2v) is 4.83. The molecule has 0 saturated heterocycles. The molecule has 0 atom stereocenters. The van der Waals surface area contributed by atoms with E-state index in [0.29, 0.717) is 6.04 Å². The first-order chi connectivity index (χ1) is 8.81. The first-order valence-corrected chi connectivity index (χ1v) is 6.44. The summed E-state index contributed by atoms with van der Waals surface area (Å²) >= 11 is 0. The second-order valence-electron chi connectivity index (χ2n) is 4.83. The Morgan fingerprint density at radius 2 is 1.94 bits per heavy atom. The Kier molecular flexibility index (Phi) is 3.07. The minimum absolute atomic E-state index is 0.689. The van der Waals surface area contributed by atoms with Crippen LogP contribution in [-0.4, -0.2) is 16.0 Å². The van der Waals surface area contributed by atoms with Crippen molar-refractivity contribution in [2.45, 2.75) is 32.4 Å². The maximum Gasteiger partial charge on any atom is 0.143 e. The number of nitrogens with zero attached hydrogens (tertiary/aromatic N) is 2. The Hall–Kier alpha value is -1.74. The van der Waals surface area contributed by atoms with Crippen molar-refractivity contribution >= 4 is 0 Å². The topological polar surface area (TPSA) is 37.8 Å². The Labute approximate surface area is 107 Å². The molecule has 3 nitrogen and oxygen atoms in total. The highest BCUT2D eigenvalue weighted by Crippen LogP contribution is 2.20. The zero-order valence-electron chi connectivity index (χ0n) is 10.6. The quantitative estimate of drug-likeness (QED) is 0.891. The number of hydrogen-bond acceptors (Lipinski definition) is 3. The summed E-state index contributed by atoms with van der Waals surface area (Å²) in [6.45, 7) is 2.79. The predicted molar refractivity (Wildman–Crippen MR) is 72.1 cm³/mol. The Morgan fingerprint density at radius 3 is 2.67 bits per heavy atom. The summed E-state index contributed by atoms with van der Waals surface area (Å²) in [5, 5.41) is 3.45. The first kappa shape index (κ1) is 11.4. The molecule has 3 heteroatoms. The SMILES string of the molecule is Cc1cc(-c2ccccc2)nc(CNC2CC2)n1. The molecule has 2 aromatic rings. The number of aromatic nitrogens is 2. The fourth-order valence-corrected chi connectivity index (χ4v) is 1.99. The molecule has 1 fully saturated rings. The third-order valence-corrected chi connectivity index (χ3v) is 3.10. The van der Waals surface area contributed by atoms with E-state index in [1.54, 1.807) is 0 Å². The molecule has 0 unspecified atom stereocenters. The van der Waals surface area contributed by atoms with E-state index in [4.69, 9.17) is 0 Å². The van der Waals surface area contributed by atoms with Gasteiger partial charge in [0.15, 0.2) is 0 Å². The lowest BCUT2D eigenvalue weighted by atomic mass is 10.1. The van der Waals surface area contributed by atoms with Gasteiger partial charge in [0, 0.05) is 17.3 Å². The van der Waals surface area contributed by atoms with Crippen molar-refractivity contribution in [3.63, 3.8) is 0 Å². The molecule has 1 saturated carbocycles. The van der Waals surface area contributed by atoms with Crippen molar-refractivity contribution < 1.29 is 0 Å². The van der Waals surface area contributed by atoms with Gasteiger partial charge in [-0.05, 0) is 25.8 Å². The van der Waals surface area contributed by atoms with Gasteiger partial charge in [0.1, 0.15) is 5.82 Å². The molecule has 0 radical (unpaired) electrons. The molecule has 1 aliphatic rings. The number of hydrogen-bond donors (Lipinski definition) is 1. The van der Waals surface area contributed by atoms with Gasteiger partial charge in [-0.25, -0.2) is 9.97 Å². The Bertz CT molecular complexity index is 533. The van der Waals surface area contributed by atoms with Crippen LogP contribution in [0.4, 0.5) is 0 Å². The summed E-state index contributed by atoms with van der Waals surface area (Å²) in [6.07, 6.45) is 2.58. The van der Waals surface area contributed by atoms with E-state index in [-0.39, 0.29) is 0 Å². The van der Waals surface area contributed by atoms with Gasteiger partial charge in [-0.1, -0.05) is 30.3 Å². The molecule has 0 bridgehead atoms. The first-order valence-electron chi connectivity index (χ1n) is 6.44. The standard InChI is InChI=1S/C15H17N3/c1-11-9-14(12-5-3-2-4-6-12)18-15(17-11)10-16-13-7-8-13/h2-6,9,13,16H,7-8,10H2,1H3. The minimum Gasteiger partial charge on any atom is -0.307 e. The van der Waals surface area contributed by atoms with Crippen LogP contribution in [0.5, 0.6) is 0 Å². The Balaban J connectivity index is 1.85. The van der Waals surface area contributed by atoms with Crippen molar-refractivity contribution in [1.29, 1.82) is 0 Å². The van der Waals surface area contributed by atoms with E-state index < -0.39 is 0 Å². The number of nitrogens with one attached hydrogen (secondary N) is 1. The van der Waals surface area contributed by atoms with E-state index in [1.807, 2.05) is 31.2 Å². The van der Waals surface area contributed by atoms with Gasteiger partial charge in [-0.2, -0.15) is 0 Å². The van der Waals surface area contributed by atoms with Gasteiger partial charge in [-0.15, -0.1) is 0 Å². The van der Waals surface area contributed by atoms with Gasteiger partial charge >= 0.3 is 0 Å². The van der Waals surface area contributed by atoms with E-state index in [2.05, 4.69) is 27.4 Å². The molecule has 92 valence electrons. The molecular formula is C15H17N3. The van der Waals surface area contributed by atoms with Crippen LogP contribution in [0.1, 0.15) is 24.4 Å². The van der Waals surface area contributed by atoms with Crippen LogP contribution in [-0.2, 0) is 6.54 Å². The molecule has 0 spiro atoms. The van der Waals surface area contributed by atoms with Crippen LogP contribution in [0.25, 0.3) is 11.3 Å². The van der Waals surface area contributed by atoms with Crippen LogP contribution in [0.2, 0.25) is 0 Å². The third-order valence-electron chi connectivity index (χ3n) is 3.10. The van der Waals surface area contributed by atoms with Crippen LogP contribution in [0.15, 0.2) is 36.4 Å². The lowest BCUT2D eigenvalue weighted by Gasteiger charge is -2.07. The predicted octanol–water partition coefficient (Wildman–Crippen LogP) is 2.70. The maximum atomic E-state index is 4.63. The van der Waals surface area contributed by atoms with Crippen molar-refractivity contribution in [2.75, 3.05) is 0 Å². The van der Waals surface area contributed by atoms with E-state index in [0.717, 1.165) is 29.3 Å². The largest absolute Gasteiger partial charge is 0.307 e. The summed E-state index contributed by atoms with van der Waals surface area (Å²) in [4.78, 5) is 9.12. The summed E-state index contributed by atoms with van der Waals surface area (Å²) in [6, 6.07) is 13.0. The fourth-order valence-electron chi connectivity index (χ4n) is 1.99. The summed E-state index contributed by atoms with van der Waals surface area (Å²) in [5.74, 6) is 0.890. The average Bonchev–Trinajstić information content (AvgIpc) is 3.21. The van der Waals surface area contributed by atoms with Gasteiger partial charge in [-0.3, -0.25) is 0 Å². The van der Waals surface area contributed by atoms with Gasteiger partial charge in [0.05, 0.1) is 12.2 Å². The molecule has 3 rings (SSSR count). The molecule has 1 aliphatic carbocycles. The molecule has 0 aliphatic heterocycles. The van der Waals surface area contributed by atoms with Crippen molar-refractivity contribution in [3.05, 3.63) is 47.9 Å². The molecular weight excluding hydrogens is 222 g/mol. The molecule has 1 aromatic heterocycles. The maximum absolute atomic E-state index is 4.63. The molecule has 1 aromatic carbocycles. The van der Waals surface area contributed by atoms with Crippen LogP contribution < -0.4 is 5.32 Å². The minimum atomic E-state index is 0.689. The number of benzene rings is 1. The van der Waals surface area contributed by atoms with Crippen molar-refractivity contribution in [2.24, 2.45) is 0 Å². The van der Waals surface area contributed by atoms with Crippen LogP contribution >= 0.6 is 0 Å². The molecule has 1 heterocycles. The average molecular weight is 239 g/mol. The zero-order chi connectivity index (χ0) is 12.4. The highest BCUT2D eigenvalue weighted by atomic mass is 15.0. The summed E-state index contributed by atoms with van der Waals surface area (Å²) < 4.78 is 0. The number of rotatable bonds is 4. The van der Waals surface area contributed by atoms with Crippen LogP contribution in [0, 0.1) is 6.92 Å². The highest BCUT2D eigenvalue weighted by Gasteiger charge is 2.20.